The summed E-state index contributed by atoms with van der Waals surface area (Å²) in [6.07, 6.45) is -1.16. The fraction of sp³-hybridized carbons (Fsp3) is 0.889. The standard InChI is InChI=1S/C9H16F2N2O2/c1-5-4-13(8(14)15)6(2)7(3-12)9(5,10)11/h5-7H,3-4,12H2,1-2H3,(H,14,15)/t5?,6-,7?/m0/s1. The van der Waals surface area contributed by atoms with E-state index in [1.54, 1.807) is 0 Å². The summed E-state index contributed by atoms with van der Waals surface area (Å²) in [5.74, 6) is -4.98. The Hall–Kier alpha value is -0.910. The van der Waals surface area contributed by atoms with E-state index >= 15 is 0 Å². The van der Waals surface area contributed by atoms with Gasteiger partial charge in [-0.1, -0.05) is 6.92 Å². The first kappa shape index (κ1) is 12.2. The predicted octanol–water partition coefficient (Wildman–Crippen LogP) is 1.21. The summed E-state index contributed by atoms with van der Waals surface area (Å²) in [5, 5.41) is 8.85. The van der Waals surface area contributed by atoms with Gasteiger partial charge in [-0.2, -0.15) is 0 Å². The second-order valence-electron chi connectivity index (χ2n) is 4.09. The highest BCUT2D eigenvalue weighted by atomic mass is 19.3. The topological polar surface area (TPSA) is 66.6 Å². The van der Waals surface area contributed by atoms with Crippen LogP contribution in [0.1, 0.15) is 13.8 Å². The summed E-state index contributed by atoms with van der Waals surface area (Å²) in [5.41, 5.74) is 5.29. The molecule has 1 aliphatic rings. The number of rotatable bonds is 1. The summed E-state index contributed by atoms with van der Waals surface area (Å²) >= 11 is 0. The van der Waals surface area contributed by atoms with Crippen molar-refractivity contribution >= 4 is 6.09 Å². The average Bonchev–Trinajstić information content (AvgIpc) is 2.11. The molecule has 2 unspecified atom stereocenters. The van der Waals surface area contributed by atoms with Crippen LogP contribution in [0.4, 0.5) is 13.6 Å². The lowest BCUT2D eigenvalue weighted by atomic mass is 9.81. The predicted molar refractivity (Wildman–Crippen MR) is 50.8 cm³/mol. The maximum Gasteiger partial charge on any atom is 0.407 e. The maximum atomic E-state index is 13.7. The fourth-order valence-corrected chi connectivity index (χ4v) is 2.09. The van der Waals surface area contributed by atoms with Crippen molar-refractivity contribution in [1.82, 2.24) is 4.90 Å². The molecule has 0 spiro atoms. The quantitative estimate of drug-likeness (QED) is 0.701. The van der Waals surface area contributed by atoms with Crippen molar-refractivity contribution in [3.05, 3.63) is 0 Å². The molecule has 15 heavy (non-hydrogen) atoms. The molecule has 0 aromatic rings. The number of amides is 1. The Bertz CT molecular complexity index is 260. The molecule has 1 saturated heterocycles. The number of halogens is 2. The summed E-state index contributed by atoms with van der Waals surface area (Å²) in [7, 11) is 0. The van der Waals surface area contributed by atoms with Crippen LogP contribution in [-0.4, -0.2) is 41.2 Å². The lowest BCUT2D eigenvalue weighted by Crippen LogP contribution is -2.60. The Morgan fingerprint density at radius 1 is 1.60 bits per heavy atom. The first-order chi connectivity index (χ1) is 6.82. The van der Waals surface area contributed by atoms with Gasteiger partial charge in [0.1, 0.15) is 0 Å². The Morgan fingerprint density at radius 2 is 2.13 bits per heavy atom. The zero-order valence-electron chi connectivity index (χ0n) is 8.78. The van der Waals surface area contributed by atoms with E-state index in [1.807, 2.05) is 0 Å². The second-order valence-corrected chi connectivity index (χ2v) is 4.09. The Balaban J connectivity index is 2.95. The SMILES string of the molecule is CC1CN(C(=O)O)[C@@H](C)C(CN)C1(F)F. The van der Waals surface area contributed by atoms with Gasteiger partial charge in [0.15, 0.2) is 0 Å². The molecule has 0 saturated carbocycles. The van der Waals surface area contributed by atoms with Crippen molar-refractivity contribution in [2.75, 3.05) is 13.1 Å². The minimum absolute atomic E-state index is 0.139. The molecular weight excluding hydrogens is 206 g/mol. The molecule has 1 amide bonds. The summed E-state index contributed by atoms with van der Waals surface area (Å²) < 4.78 is 27.3. The van der Waals surface area contributed by atoms with Gasteiger partial charge in [-0.25, -0.2) is 13.6 Å². The van der Waals surface area contributed by atoms with E-state index in [0.29, 0.717) is 0 Å². The number of likely N-dealkylation sites (tertiary alicyclic amines) is 1. The zero-order chi connectivity index (χ0) is 11.8. The molecule has 1 fully saturated rings. The number of piperidine rings is 1. The average molecular weight is 222 g/mol. The molecule has 1 rings (SSSR count). The molecule has 0 aromatic heterocycles. The normalized spacial score (nSPS) is 35.3. The smallest absolute Gasteiger partial charge is 0.407 e. The van der Waals surface area contributed by atoms with Gasteiger partial charge in [-0.15, -0.1) is 0 Å². The molecule has 4 nitrogen and oxygen atoms in total. The van der Waals surface area contributed by atoms with Crippen molar-refractivity contribution in [1.29, 1.82) is 0 Å². The van der Waals surface area contributed by atoms with Crippen molar-refractivity contribution < 1.29 is 18.7 Å². The van der Waals surface area contributed by atoms with Gasteiger partial charge in [0.2, 0.25) is 0 Å². The van der Waals surface area contributed by atoms with Crippen LogP contribution in [0.3, 0.4) is 0 Å². The van der Waals surface area contributed by atoms with E-state index in [9.17, 15) is 13.6 Å². The van der Waals surface area contributed by atoms with Crippen molar-refractivity contribution in [3.63, 3.8) is 0 Å². The molecule has 3 atom stereocenters. The van der Waals surface area contributed by atoms with Crippen molar-refractivity contribution in [2.24, 2.45) is 17.6 Å². The van der Waals surface area contributed by atoms with E-state index in [0.717, 1.165) is 4.90 Å². The molecule has 0 bridgehead atoms. The highest BCUT2D eigenvalue weighted by Gasteiger charge is 2.53. The van der Waals surface area contributed by atoms with E-state index in [4.69, 9.17) is 10.8 Å². The number of carboxylic acid groups (broad SMARTS) is 1. The van der Waals surface area contributed by atoms with Crippen LogP contribution in [0.15, 0.2) is 0 Å². The van der Waals surface area contributed by atoms with Gasteiger partial charge < -0.3 is 15.7 Å². The Morgan fingerprint density at radius 3 is 2.53 bits per heavy atom. The minimum Gasteiger partial charge on any atom is -0.465 e. The monoisotopic (exact) mass is 222 g/mol. The molecule has 0 aromatic carbocycles. The second kappa shape index (κ2) is 3.92. The van der Waals surface area contributed by atoms with Crippen LogP contribution in [0, 0.1) is 11.8 Å². The van der Waals surface area contributed by atoms with E-state index in [2.05, 4.69) is 0 Å². The Labute approximate surface area is 87.0 Å². The maximum absolute atomic E-state index is 13.7. The Kier molecular flexibility index (Phi) is 3.18. The molecule has 0 aliphatic carbocycles. The van der Waals surface area contributed by atoms with Gasteiger partial charge in [-0.3, -0.25) is 0 Å². The molecule has 6 heteroatoms. The lowest BCUT2D eigenvalue weighted by Gasteiger charge is -2.45. The van der Waals surface area contributed by atoms with Crippen LogP contribution in [-0.2, 0) is 0 Å². The number of nitrogens with zero attached hydrogens (tertiary/aromatic N) is 1. The first-order valence-electron chi connectivity index (χ1n) is 4.89. The number of alkyl halides is 2. The number of nitrogens with two attached hydrogens (primary N) is 1. The third-order valence-electron chi connectivity index (χ3n) is 3.20. The molecule has 0 radical (unpaired) electrons. The molecule has 1 aliphatic heterocycles. The van der Waals surface area contributed by atoms with Gasteiger partial charge in [-0.05, 0) is 6.92 Å². The van der Waals surface area contributed by atoms with E-state index in [-0.39, 0.29) is 13.1 Å². The highest BCUT2D eigenvalue weighted by Crippen LogP contribution is 2.40. The molecule has 3 N–H and O–H groups in total. The van der Waals surface area contributed by atoms with Crippen molar-refractivity contribution in [2.45, 2.75) is 25.8 Å². The van der Waals surface area contributed by atoms with Crippen molar-refractivity contribution in [3.8, 4) is 0 Å². The number of hydrogen-bond acceptors (Lipinski definition) is 2. The molecule has 1 heterocycles. The van der Waals surface area contributed by atoms with Crippen LogP contribution in [0.5, 0.6) is 0 Å². The lowest BCUT2D eigenvalue weighted by molar-refractivity contribution is -0.154. The van der Waals surface area contributed by atoms with Crippen LogP contribution in [0.25, 0.3) is 0 Å². The van der Waals surface area contributed by atoms with E-state index < -0.39 is 29.9 Å². The number of carbonyl (C=O) groups is 1. The zero-order valence-corrected chi connectivity index (χ0v) is 8.78. The van der Waals surface area contributed by atoms with Gasteiger partial charge in [0.05, 0.1) is 5.92 Å². The summed E-state index contributed by atoms with van der Waals surface area (Å²) in [4.78, 5) is 11.9. The van der Waals surface area contributed by atoms with Gasteiger partial charge in [0.25, 0.3) is 5.92 Å². The highest BCUT2D eigenvalue weighted by molar-refractivity contribution is 5.65. The molecule has 88 valence electrons. The summed E-state index contributed by atoms with van der Waals surface area (Å²) in [6.45, 7) is 2.48. The van der Waals surface area contributed by atoms with Crippen LogP contribution < -0.4 is 5.73 Å². The third-order valence-corrected chi connectivity index (χ3v) is 3.20. The largest absolute Gasteiger partial charge is 0.465 e. The first-order valence-corrected chi connectivity index (χ1v) is 4.89. The van der Waals surface area contributed by atoms with Gasteiger partial charge in [0, 0.05) is 25.0 Å². The van der Waals surface area contributed by atoms with Crippen LogP contribution in [0.2, 0.25) is 0 Å². The minimum atomic E-state index is -2.89. The molecular formula is C9H16F2N2O2. The number of hydrogen-bond donors (Lipinski definition) is 2. The third kappa shape index (κ3) is 1.90. The van der Waals surface area contributed by atoms with E-state index in [1.165, 1.54) is 13.8 Å². The van der Waals surface area contributed by atoms with Crippen LogP contribution >= 0.6 is 0 Å². The summed E-state index contributed by atoms with van der Waals surface area (Å²) in [6, 6.07) is -0.737. The fourth-order valence-electron chi connectivity index (χ4n) is 2.09. The van der Waals surface area contributed by atoms with Gasteiger partial charge >= 0.3 is 6.09 Å².